The van der Waals surface area contributed by atoms with Crippen molar-refractivity contribution in [2.75, 3.05) is 66.1 Å². The number of rotatable bonds is 0. The molecular formula is C103H160BI2O16-. The molecule has 2 radical (unpaired) electrons. The van der Waals surface area contributed by atoms with Crippen molar-refractivity contribution in [3.05, 3.63) is 0 Å². The molecule has 2 N–H and O–H groups in total. The van der Waals surface area contributed by atoms with Gasteiger partial charge in [0.05, 0.1) is 78.3 Å². The molecule has 19 heteroatoms. The van der Waals surface area contributed by atoms with Gasteiger partial charge in [-0.25, -0.2) is 0 Å². The van der Waals surface area contributed by atoms with E-state index in [4.69, 9.17) is 53.1 Å². The molecule has 16 nitrogen and oxygen atoms in total. The number of carbonyl (C=O) groups is 4. The summed E-state index contributed by atoms with van der Waals surface area (Å²) >= 11 is 2.24. The van der Waals surface area contributed by atoms with Crippen LogP contribution in [0.1, 0.15) is 345 Å². The van der Waals surface area contributed by atoms with Crippen LogP contribution in [0, 0.1) is 173 Å². The second-order valence-electron chi connectivity index (χ2n) is 48.5. The molecule has 4 spiro atoms. The van der Waals surface area contributed by atoms with E-state index in [2.05, 4.69) is 87.9 Å². The van der Waals surface area contributed by atoms with Crippen LogP contribution >= 0.6 is 18.6 Å². The Bertz CT molecular complexity index is 3740. The summed E-state index contributed by atoms with van der Waals surface area (Å²) in [6, 6.07) is 0. The Morgan fingerprint density at radius 2 is 0.623 bits per heavy atom. The molecule has 6 heterocycles. The Labute approximate surface area is 755 Å². The fraction of sp³-hybridized carbons (Fsp3) is 0.961. The summed E-state index contributed by atoms with van der Waals surface area (Å²) in [5.74, 6) is 14.7. The number of Topliss-reactive ketones (excluding diaryl/α,β-unsaturated/α-hetero) is 2. The van der Waals surface area contributed by atoms with E-state index in [1.165, 1.54) is 161 Å². The third kappa shape index (κ3) is 14.2. The van der Waals surface area contributed by atoms with Crippen LogP contribution in [-0.4, -0.2) is 141 Å². The molecule has 0 aromatic rings. The van der Waals surface area contributed by atoms with E-state index >= 15 is 0 Å². The first-order valence-corrected chi connectivity index (χ1v) is 58.6. The summed E-state index contributed by atoms with van der Waals surface area (Å²) in [4.78, 5) is 48.2. The van der Waals surface area contributed by atoms with Gasteiger partial charge >= 0.3 is 53.3 Å². The molecule has 6 saturated heterocycles. The van der Waals surface area contributed by atoms with Gasteiger partial charge in [-0.1, -0.05) is 69.2 Å². The van der Waals surface area contributed by atoms with Crippen LogP contribution in [0.25, 0.3) is 0 Å². The Balaban J connectivity index is 0.0000000997. The van der Waals surface area contributed by atoms with Gasteiger partial charge in [0, 0.05) is 84.9 Å². The van der Waals surface area contributed by atoms with Crippen LogP contribution < -0.4 is 17.0 Å². The summed E-state index contributed by atoms with van der Waals surface area (Å²) in [7, 11) is 0. The Kier molecular flexibility index (Phi) is 25.1. The summed E-state index contributed by atoms with van der Waals surface area (Å²) in [6.45, 7) is 32.1. The van der Waals surface area contributed by atoms with Crippen molar-refractivity contribution in [2.45, 2.75) is 381 Å². The number of carbonyl (C=O) groups excluding carboxylic acids is 4. The van der Waals surface area contributed by atoms with Gasteiger partial charge in [0.15, 0.2) is 23.1 Å². The number of hydrogen-bond acceptors (Lipinski definition) is 16. The van der Waals surface area contributed by atoms with Crippen molar-refractivity contribution in [1.82, 2.24) is 0 Å². The average Bonchev–Trinajstić information content (AvgIpc) is 1.49. The second kappa shape index (κ2) is 33.8. The molecule has 32 atom stereocenters. The monoisotopic (exact) mass is 1920 g/mol. The maximum atomic E-state index is 12.4. The number of halogens is 2. The first kappa shape index (κ1) is 90.6. The SMILES string of the molecule is C[C@]12CCC(=O)C[C@@H]1CC[C@@H]1[C@@H]2CC[C@@]2(C)[C@H]1CCC21OCCO1.C[C@]12CCC(=O)OC[C@@H]1CC[C@@H]1[C@@H]2CC[C@@]2(C)[C@H]1CCC21OCCO1.C[C@]12CCOC(=O)C[C@@H]1CC[C@@H]1[C@@H]2CC[C@@]2(C)[C@H]1CCC21OCCO1.C[C@]12CC[C@@H](O)C[C@@H]1CC[C@@H]1[C@@H]2CC[C@@]2(C)[C@H]1CCC21OCCO1.C[C@]12CC[C@H](O)C[C@@H]1CC[C@@H]1[C@@H]2CC[C@]2(C)C(=O)CC[C@@H]12.[B][I-]I. The summed E-state index contributed by atoms with van der Waals surface area (Å²) < 4.78 is 60.8. The standard InChI is InChI=1S/2C21H32O4.C21H34O3.C21H32O3.C19H30O2.BI2/c1-19-8-7-18(22)23-13-14(19)3-4-15-16(19)5-9-20(2)17(15)6-10-21(20)24-11-12-25-21;1-19-9-10-23-18(22)13-14(19)3-4-15-16(19)5-7-20(2)17(15)6-8-21(20)24-11-12-25-21;2*1-19-8-5-15(22)13-14(19)3-4-16-17(19)6-9-20(2)18(16)7-10-21(20)23-11-12-24-21;1-18-9-7-13(20)11-12(18)3-4-14-15-5-6-17(21)19(15,2)10-8-16(14)18;1-3-2/h2*14-17H,3-13H2,1-2H3;14-18,22H,3-13H2,1-2H3;14,16-18H,3-13H2,1-2H3;12-16,20H,3-11H2,1-2H3;/q;;;;;-1/t2*14-,15+,16-,17-,19-,20-;14-,15+,16+,17-,18-,19-,20-;14-,16+,17-,18-,19-,20-;12-,13-,14-,15-,16-,18-,19-;/m00000./s1. The number of cyclic esters (lactones) is 2. The Hall–Kier alpha value is -0.595. The molecule has 6 aliphatic heterocycles. The quantitative estimate of drug-likeness (QED) is 0.132. The van der Waals surface area contributed by atoms with E-state index in [0.29, 0.717) is 89.4 Å². The molecule has 0 aromatic carbocycles. The predicted octanol–water partition coefficient (Wildman–Crippen LogP) is 17.8. The maximum absolute atomic E-state index is 12.4. The van der Waals surface area contributed by atoms with Crippen LogP contribution in [0.2, 0.25) is 0 Å². The van der Waals surface area contributed by atoms with Crippen molar-refractivity contribution in [2.24, 2.45) is 173 Å². The normalized spacial score (nSPS) is 52.3. The molecule has 24 aliphatic rings. The van der Waals surface area contributed by atoms with Gasteiger partial charge in [-0.3, -0.25) is 19.2 Å². The van der Waals surface area contributed by atoms with Crippen molar-refractivity contribution in [3.8, 4) is 0 Å². The van der Waals surface area contributed by atoms with Crippen molar-refractivity contribution in [1.29, 1.82) is 0 Å². The third-order valence-electron chi connectivity index (χ3n) is 45.4. The number of hydrogen-bond donors (Lipinski definition) is 2. The fourth-order valence-electron chi connectivity index (χ4n) is 38.6. The van der Waals surface area contributed by atoms with Gasteiger partial charge in [-0.05, 0) is 364 Å². The number of ketones is 2. The molecule has 0 amide bonds. The van der Waals surface area contributed by atoms with Gasteiger partial charge in [0.25, 0.3) is 0 Å². The fourth-order valence-corrected chi connectivity index (χ4v) is 38.6. The number of fused-ring (bicyclic) bond motifs is 29. The first-order chi connectivity index (χ1) is 58.3. The molecule has 122 heavy (non-hydrogen) atoms. The zero-order valence-electron chi connectivity index (χ0n) is 77.1. The van der Waals surface area contributed by atoms with E-state index in [1.807, 2.05) is 0 Å². The van der Waals surface area contributed by atoms with Crippen LogP contribution in [0.15, 0.2) is 0 Å². The van der Waals surface area contributed by atoms with E-state index in [1.54, 1.807) is 0 Å². The molecule has 18 saturated carbocycles. The minimum absolute atomic E-state index is 0.0124. The summed E-state index contributed by atoms with van der Waals surface area (Å²) in [6.07, 6.45) is 49.3. The molecule has 686 valence electrons. The van der Waals surface area contributed by atoms with Crippen molar-refractivity contribution in [3.63, 3.8) is 0 Å². The molecule has 24 fully saturated rings. The van der Waals surface area contributed by atoms with Crippen molar-refractivity contribution < 1.29 is 93.8 Å². The number of aliphatic hydroxyl groups is 2. The van der Waals surface area contributed by atoms with E-state index < -0.39 is 0 Å². The van der Waals surface area contributed by atoms with Gasteiger partial charge in [-0.15, -0.1) is 0 Å². The van der Waals surface area contributed by atoms with E-state index in [-0.39, 0.29) is 102 Å². The van der Waals surface area contributed by atoms with Gasteiger partial charge in [-0.2, -0.15) is 0 Å². The molecule has 18 aliphatic carbocycles. The third-order valence-corrected chi connectivity index (χ3v) is 45.4. The molecule has 24 rings (SSSR count). The summed E-state index contributed by atoms with van der Waals surface area (Å²) in [5, 5.41) is 20.2. The number of esters is 2. The average molecular weight is 1920 g/mol. The van der Waals surface area contributed by atoms with Gasteiger partial charge < -0.3 is 57.6 Å². The molecule has 0 aromatic heterocycles. The minimum atomic E-state index is -0.303. The number of aliphatic hydroxyl groups excluding tert-OH is 2. The predicted molar refractivity (Wildman–Crippen MR) is 472 cm³/mol. The van der Waals surface area contributed by atoms with E-state index in [9.17, 15) is 29.4 Å². The first-order valence-electron chi connectivity index (χ1n) is 51.1. The van der Waals surface area contributed by atoms with Crippen molar-refractivity contribution >= 4 is 47.8 Å². The van der Waals surface area contributed by atoms with E-state index in [0.717, 1.165) is 238 Å². The van der Waals surface area contributed by atoms with Crippen LogP contribution in [0.5, 0.6) is 0 Å². The van der Waals surface area contributed by atoms with Gasteiger partial charge in [0.2, 0.25) is 0 Å². The van der Waals surface area contributed by atoms with Crippen LogP contribution in [0.3, 0.4) is 0 Å². The topological polar surface area (TPSA) is 201 Å². The van der Waals surface area contributed by atoms with Gasteiger partial charge in [0.1, 0.15) is 11.6 Å². The van der Waals surface area contributed by atoms with Crippen LogP contribution in [-0.2, 0) is 66.5 Å². The zero-order chi connectivity index (χ0) is 85.3. The van der Waals surface area contributed by atoms with Crippen LogP contribution in [0.4, 0.5) is 0 Å². The number of ether oxygens (including phenoxy) is 10. The Morgan fingerprint density at radius 3 is 1.02 bits per heavy atom. The molecule has 0 bridgehead atoms. The Morgan fingerprint density at radius 1 is 0.303 bits per heavy atom. The zero-order valence-corrected chi connectivity index (χ0v) is 81.4. The second-order valence-corrected chi connectivity index (χ2v) is 52.1. The summed E-state index contributed by atoms with van der Waals surface area (Å²) in [5.41, 5.74) is 7.58. The molecule has 0 unspecified atom stereocenters. The molecular weight excluding hydrogens is 1760 g/mol.